The smallest absolute Gasteiger partial charge is 0.275 e. The summed E-state index contributed by atoms with van der Waals surface area (Å²) in [5.74, 6) is 0. The number of hydrogen-bond acceptors (Lipinski definition) is 9. The molecule has 1 atom stereocenters. The normalized spacial score (nSPS) is 12.3. The minimum atomic E-state index is -1.89. The predicted molar refractivity (Wildman–Crippen MR) is 151 cm³/mol. The standard InChI is InChI=1S/C27H31N4O8P/c1-19(2)28(20(3)4)40(38-18-17-21-13-15-22(16-14-21)29(32)33)39-27(23-9-5-7-11-25(23)30(34)35)24-10-6-8-12-26(24)31(36)37/h5-16,19-20,27H,17-18H2,1-4H3. The summed E-state index contributed by atoms with van der Waals surface area (Å²) in [6.45, 7) is 8.03. The van der Waals surface area contributed by atoms with Gasteiger partial charge in [0.2, 0.25) is 0 Å². The van der Waals surface area contributed by atoms with Gasteiger partial charge in [0.05, 0.1) is 32.5 Å². The summed E-state index contributed by atoms with van der Waals surface area (Å²) in [6.07, 6.45) is -0.750. The Balaban J connectivity index is 2.02. The molecule has 1 unspecified atom stereocenters. The lowest BCUT2D eigenvalue weighted by atomic mass is 9.98. The monoisotopic (exact) mass is 570 g/mol. The van der Waals surface area contributed by atoms with Crippen molar-refractivity contribution in [3.8, 4) is 0 Å². The number of nitrogens with zero attached hydrogens (tertiary/aromatic N) is 4. The summed E-state index contributed by atoms with van der Waals surface area (Å²) >= 11 is 0. The maximum atomic E-state index is 11.9. The number of para-hydroxylation sites is 2. The molecule has 212 valence electrons. The first-order valence-electron chi connectivity index (χ1n) is 12.6. The first-order valence-corrected chi connectivity index (χ1v) is 13.7. The van der Waals surface area contributed by atoms with Crippen molar-refractivity contribution < 1.29 is 23.8 Å². The van der Waals surface area contributed by atoms with Crippen molar-refractivity contribution in [2.24, 2.45) is 0 Å². The molecule has 12 nitrogen and oxygen atoms in total. The molecule has 0 amide bonds. The van der Waals surface area contributed by atoms with E-state index in [0.717, 1.165) is 5.56 Å². The van der Waals surface area contributed by atoms with Gasteiger partial charge >= 0.3 is 0 Å². The van der Waals surface area contributed by atoms with Gasteiger partial charge in [-0.2, -0.15) is 0 Å². The Bertz CT molecular complexity index is 1270. The second-order valence-corrected chi connectivity index (χ2v) is 10.8. The van der Waals surface area contributed by atoms with Crippen molar-refractivity contribution >= 4 is 25.6 Å². The molecule has 0 aliphatic carbocycles. The molecule has 0 spiro atoms. The van der Waals surface area contributed by atoms with Crippen LogP contribution in [-0.2, 0) is 15.5 Å². The highest BCUT2D eigenvalue weighted by Crippen LogP contribution is 2.53. The number of benzene rings is 3. The third kappa shape index (κ3) is 7.64. The number of non-ortho nitro benzene ring substituents is 1. The third-order valence-corrected chi connectivity index (χ3v) is 8.11. The molecule has 0 saturated carbocycles. The molecule has 0 N–H and O–H groups in total. The van der Waals surface area contributed by atoms with Crippen molar-refractivity contribution in [3.05, 3.63) is 120 Å². The molecule has 0 radical (unpaired) electrons. The second-order valence-electron chi connectivity index (χ2n) is 9.43. The highest BCUT2D eigenvalue weighted by atomic mass is 31.2. The van der Waals surface area contributed by atoms with Crippen LogP contribution in [0.4, 0.5) is 17.1 Å². The van der Waals surface area contributed by atoms with Gasteiger partial charge in [-0.25, -0.2) is 4.67 Å². The summed E-state index contributed by atoms with van der Waals surface area (Å²) < 4.78 is 14.8. The van der Waals surface area contributed by atoms with Gasteiger partial charge in [-0.3, -0.25) is 30.3 Å². The topological polar surface area (TPSA) is 151 Å². The highest BCUT2D eigenvalue weighted by molar-refractivity contribution is 7.44. The van der Waals surface area contributed by atoms with Gasteiger partial charge in [0.15, 0.2) is 0 Å². The maximum Gasteiger partial charge on any atom is 0.275 e. The molecular weight excluding hydrogens is 539 g/mol. The van der Waals surface area contributed by atoms with E-state index in [9.17, 15) is 30.3 Å². The molecule has 0 aliphatic heterocycles. The Labute approximate surface area is 233 Å². The molecule has 0 fully saturated rings. The van der Waals surface area contributed by atoms with Crippen LogP contribution in [0, 0.1) is 30.3 Å². The lowest BCUT2D eigenvalue weighted by Crippen LogP contribution is -2.34. The SMILES string of the molecule is CC(C)N(C(C)C)P(OCCc1ccc([N+](=O)[O-])cc1)OC(c1ccccc1[N+](=O)[O-])c1ccccc1[N+](=O)[O-]. The van der Waals surface area contributed by atoms with Gasteiger partial charge in [0.25, 0.3) is 25.6 Å². The van der Waals surface area contributed by atoms with Crippen LogP contribution in [-0.4, -0.2) is 38.1 Å². The molecule has 0 aromatic heterocycles. The fourth-order valence-electron chi connectivity index (χ4n) is 4.27. The van der Waals surface area contributed by atoms with Gasteiger partial charge in [-0.05, 0) is 51.8 Å². The van der Waals surface area contributed by atoms with Crippen LogP contribution < -0.4 is 0 Å². The van der Waals surface area contributed by atoms with Gasteiger partial charge in [-0.1, -0.05) is 36.4 Å². The van der Waals surface area contributed by atoms with Gasteiger partial charge < -0.3 is 9.05 Å². The third-order valence-electron chi connectivity index (χ3n) is 6.01. The fraction of sp³-hybridized carbons (Fsp3) is 0.333. The first-order chi connectivity index (χ1) is 19.0. The average Bonchev–Trinajstić information content (AvgIpc) is 2.91. The average molecular weight is 571 g/mol. The Kier molecular flexibility index (Phi) is 10.7. The van der Waals surface area contributed by atoms with E-state index in [-0.39, 0.29) is 46.9 Å². The van der Waals surface area contributed by atoms with Crippen molar-refractivity contribution in [3.63, 3.8) is 0 Å². The van der Waals surface area contributed by atoms with Crippen LogP contribution in [0.25, 0.3) is 0 Å². The molecule has 3 rings (SSSR count). The minimum absolute atomic E-state index is 0.0159. The van der Waals surface area contributed by atoms with Gasteiger partial charge in [-0.15, -0.1) is 0 Å². The molecule has 0 aliphatic rings. The van der Waals surface area contributed by atoms with Crippen molar-refractivity contribution in [1.82, 2.24) is 4.67 Å². The highest BCUT2D eigenvalue weighted by Gasteiger charge is 2.36. The van der Waals surface area contributed by atoms with Crippen molar-refractivity contribution in [1.29, 1.82) is 0 Å². The van der Waals surface area contributed by atoms with Gasteiger partial charge in [0.1, 0.15) is 6.10 Å². The zero-order valence-electron chi connectivity index (χ0n) is 22.6. The zero-order valence-corrected chi connectivity index (χ0v) is 23.5. The second kappa shape index (κ2) is 14.0. The summed E-state index contributed by atoms with van der Waals surface area (Å²) in [6, 6.07) is 18.0. The van der Waals surface area contributed by atoms with Crippen LogP contribution >= 0.6 is 8.53 Å². The van der Waals surface area contributed by atoms with Crippen LogP contribution in [0.15, 0.2) is 72.8 Å². The Morgan fingerprint density at radius 3 is 1.62 bits per heavy atom. The number of nitro benzene ring substituents is 3. The molecule has 13 heteroatoms. The Morgan fingerprint density at radius 2 is 1.20 bits per heavy atom. The Morgan fingerprint density at radius 1 is 0.725 bits per heavy atom. The maximum absolute atomic E-state index is 11.9. The number of rotatable bonds is 14. The number of hydrogen-bond donors (Lipinski definition) is 0. The molecule has 3 aromatic rings. The lowest BCUT2D eigenvalue weighted by molar-refractivity contribution is -0.387. The largest absolute Gasteiger partial charge is 0.322 e. The molecule has 0 bridgehead atoms. The molecule has 0 saturated heterocycles. The van der Waals surface area contributed by atoms with E-state index in [4.69, 9.17) is 9.05 Å². The fourth-order valence-corrected chi connectivity index (χ4v) is 5.99. The first kappa shape index (κ1) is 30.7. The van der Waals surface area contributed by atoms with E-state index in [0.29, 0.717) is 6.42 Å². The van der Waals surface area contributed by atoms with E-state index >= 15 is 0 Å². The zero-order chi connectivity index (χ0) is 29.4. The molecule has 0 heterocycles. The van der Waals surface area contributed by atoms with Crippen LogP contribution in [0.5, 0.6) is 0 Å². The minimum Gasteiger partial charge on any atom is -0.322 e. The quantitative estimate of drug-likeness (QED) is 0.112. The summed E-state index contributed by atoms with van der Waals surface area (Å²) in [5.41, 5.74) is 0.675. The Hall–Kier alpha value is -3.83. The lowest BCUT2D eigenvalue weighted by Gasteiger charge is -2.37. The van der Waals surface area contributed by atoms with Crippen LogP contribution in [0.3, 0.4) is 0 Å². The molecule has 3 aromatic carbocycles. The van der Waals surface area contributed by atoms with Gasteiger partial charge in [0, 0.05) is 36.3 Å². The summed E-state index contributed by atoms with van der Waals surface area (Å²) in [4.78, 5) is 33.3. The molecule has 40 heavy (non-hydrogen) atoms. The van der Waals surface area contributed by atoms with E-state index in [1.54, 1.807) is 24.3 Å². The number of nitro groups is 3. The van der Waals surface area contributed by atoms with Crippen molar-refractivity contribution in [2.75, 3.05) is 6.61 Å². The van der Waals surface area contributed by atoms with Crippen LogP contribution in [0.2, 0.25) is 0 Å². The van der Waals surface area contributed by atoms with E-state index < -0.39 is 29.4 Å². The van der Waals surface area contributed by atoms with Crippen molar-refractivity contribution in [2.45, 2.75) is 52.3 Å². The van der Waals surface area contributed by atoms with Crippen LogP contribution in [0.1, 0.15) is 50.5 Å². The van der Waals surface area contributed by atoms with E-state index in [1.807, 2.05) is 32.4 Å². The van der Waals surface area contributed by atoms with E-state index in [1.165, 1.54) is 48.5 Å². The summed E-state index contributed by atoms with van der Waals surface area (Å²) in [7, 11) is -1.89. The predicted octanol–water partition coefficient (Wildman–Crippen LogP) is 7.12. The van der Waals surface area contributed by atoms with E-state index in [2.05, 4.69) is 0 Å². The molecular formula is C27H31N4O8P. The summed E-state index contributed by atoms with van der Waals surface area (Å²) in [5, 5.41) is 34.9.